The van der Waals surface area contributed by atoms with Gasteiger partial charge >= 0.3 is 6.18 Å². The van der Waals surface area contributed by atoms with Crippen molar-refractivity contribution in [2.45, 2.75) is 6.18 Å². The highest BCUT2D eigenvalue weighted by atomic mass is 35.5. The summed E-state index contributed by atoms with van der Waals surface area (Å²) in [7, 11) is 0. The fourth-order valence-electron chi connectivity index (χ4n) is 2.15. The lowest BCUT2D eigenvalue weighted by Crippen LogP contribution is -2.28. The summed E-state index contributed by atoms with van der Waals surface area (Å²) in [6.45, 7) is 0. The van der Waals surface area contributed by atoms with Gasteiger partial charge in [0.25, 0.3) is 0 Å². The predicted molar refractivity (Wildman–Crippen MR) is 89.9 cm³/mol. The van der Waals surface area contributed by atoms with E-state index in [1.54, 1.807) is 24.3 Å². The second-order valence-corrected chi connectivity index (χ2v) is 6.32. The average Bonchev–Trinajstić information content (AvgIpc) is 2.88. The molecule has 0 saturated carbocycles. The number of halogens is 4. The van der Waals surface area contributed by atoms with Gasteiger partial charge in [0, 0.05) is 5.02 Å². The molecular weight excluding hydrogens is 361 g/mol. The van der Waals surface area contributed by atoms with Gasteiger partial charge in [0.2, 0.25) is 5.91 Å². The molecule has 2 aromatic rings. The Kier molecular flexibility index (Phi) is 4.56. The van der Waals surface area contributed by atoms with Crippen molar-refractivity contribution in [3.8, 4) is 0 Å². The predicted octanol–water partition coefficient (Wildman–Crippen LogP) is 5.13. The molecule has 0 N–H and O–H groups in total. The summed E-state index contributed by atoms with van der Waals surface area (Å²) in [5, 5.41) is 0.857. The monoisotopic (exact) mass is 370 g/mol. The van der Waals surface area contributed by atoms with Gasteiger partial charge in [-0.05, 0) is 42.5 Å². The number of anilines is 1. The topological polar surface area (TPSA) is 32.7 Å². The minimum absolute atomic E-state index is 0.140. The fraction of sp³-hybridized carbons (Fsp3) is 0.125. The molecule has 1 heterocycles. The standard InChI is InChI=1S/C16H10ClF3N2OS/c17-11-4-6-13(7-5-11)22-14(23)9-24-15(22)21-12-3-1-2-10(8-12)16(18,19)20/h1-8H,9H2. The lowest BCUT2D eigenvalue weighted by Gasteiger charge is -2.16. The van der Waals surface area contributed by atoms with Crippen LogP contribution in [0.15, 0.2) is 53.5 Å². The molecule has 1 fully saturated rings. The van der Waals surface area contributed by atoms with Crippen molar-refractivity contribution in [2.75, 3.05) is 10.7 Å². The SMILES string of the molecule is O=C1CSC(=Nc2cccc(C(F)(F)F)c2)N1c1ccc(Cl)cc1. The molecule has 3 rings (SSSR count). The molecule has 2 aromatic carbocycles. The van der Waals surface area contributed by atoms with Crippen molar-refractivity contribution in [2.24, 2.45) is 4.99 Å². The molecule has 1 aliphatic heterocycles. The van der Waals surface area contributed by atoms with Crippen LogP contribution in [0.5, 0.6) is 0 Å². The van der Waals surface area contributed by atoms with E-state index in [-0.39, 0.29) is 17.3 Å². The van der Waals surface area contributed by atoms with Gasteiger partial charge in [-0.3, -0.25) is 9.69 Å². The number of carbonyl (C=O) groups excluding carboxylic acids is 1. The van der Waals surface area contributed by atoms with Crippen molar-refractivity contribution in [1.82, 2.24) is 0 Å². The lowest BCUT2D eigenvalue weighted by atomic mass is 10.2. The number of aliphatic imine (C=N–C) groups is 1. The van der Waals surface area contributed by atoms with Crippen LogP contribution in [0.2, 0.25) is 5.02 Å². The fourth-order valence-corrected chi connectivity index (χ4v) is 3.17. The van der Waals surface area contributed by atoms with Crippen LogP contribution in [0.1, 0.15) is 5.56 Å². The van der Waals surface area contributed by atoms with E-state index in [1.165, 1.54) is 28.8 Å². The van der Waals surface area contributed by atoms with E-state index in [1.807, 2.05) is 0 Å². The molecule has 24 heavy (non-hydrogen) atoms. The van der Waals surface area contributed by atoms with Gasteiger partial charge in [0.15, 0.2) is 5.17 Å². The number of hydrogen-bond acceptors (Lipinski definition) is 3. The molecule has 3 nitrogen and oxygen atoms in total. The van der Waals surface area contributed by atoms with Crippen molar-refractivity contribution in [3.05, 3.63) is 59.1 Å². The third-order valence-electron chi connectivity index (χ3n) is 3.25. The Morgan fingerprint density at radius 2 is 1.83 bits per heavy atom. The first-order valence-electron chi connectivity index (χ1n) is 6.82. The van der Waals surface area contributed by atoms with Crippen molar-refractivity contribution >= 4 is 45.8 Å². The van der Waals surface area contributed by atoms with Crippen molar-refractivity contribution in [1.29, 1.82) is 0 Å². The number of thioether (sulfide) groups is 1. The highest BCUT2D eigenvalue weighted by Crippen LogP contribution is 2.33. The maximum Gasteiger partial charge on any atom is 0.416 e. The summed E-state index contributed by atoms with van der Waals surface area (Å²) in [5.41, 5.74) is -0.0715. The molecule has 124 valence electrons. The summed E-state index contributed by atoms with van der Waals surface area (Å²) < 4.78 is 38.4. The second-order valence-electron chi connectivity index (χ2n) is 4.94. The summed E-state index contributed by atoms with van der Waals surface area (Å²) >= 11 is 7.01. The Hall–Kier alpha value is -1.99. The lowest BCUT2D eigenvalue weighted by molar-refractivity contribution is -0.137. The van der Waals surface area contributed by atoms with Gasteiger partial charge in [0.1, 0.15) is 0 Å². The van der Waals surface area contributed by atoms with Gasteiger partial charge in [-0.2, -0.15) is 13.2 Å². The molecule has 0 unspecified atom stereocenters. The molecule has 0 radical (unpaired) electrons. The van der Waals surface area contributed by atoms with Crippen LogP contribution < -0.4 is 4.90 Å². The average molecular weight is 371 g/mol. The summed E-state index contributed by atoms with van der Waals surface area (Å²) in [4.78, 5) is 17.7. The van der Waals surface area contributed by atoms with Crippen molar-refractivity contribution < 1.29 is 18.0 Å². The zero-order chi connectivity index (χ0) is 17.3. The Labute approximate surface area is 145 Å². The van der Waals surface area contributed by atoms with Crippen LogP contribution in [0.25, 0.3) is 0 Å². The Balaban J connectivity index is 1.96. The number of benzene rings is 2. The van der Waals surface area contributed by atoms with E-state index < -0.39 is 11.7 Å². The van der Waals surface area contributed by atoms with Gasteiger partial charge < -0.3 is 0 Å². The van der Waals surface area contributed by atoms with E-state index in [4.69, 9.17) is 11.6 Å². The quantitative estimate of drug-likeness (QED) is 0.734. The van der Waals surface area contributed by atoms with Gasteiger partial charge in [-0.1, -0.05) is 29.4 Å². The molecule has 1 aliphatic rings. The largest absolute Gasteiger partial charge is 0.416 e. The zero-order valence-electron chi connectivity index (χ0n) is 12.0. The number of carbonyl (C=O) groups is 1. The van der Waals surface area contributed by atoms with Crippen LogP contribution in [0.3, 0.4) is 0 Å². The number of rotatable bonds is 2. The number of alkyl halides is 3. The normalized spacial score (nSPS) is 16.9. The summed E-state index contributed by atoms with van der Waals surface area (Å²) in [6, 6.07) is 11.3. The minimum Gasteiger partial charge on any atom is -0.273 e. The Morgan fingerprint density at radius 1 is 1.12 bits per heavy atom. The van der Waals surface area contributed by atoms with Gasteiger partial charge in [0.05, 0.1) is 22.7 Å². The molecule has 0 bridgehead atoms. The van der Waals surface area contributed by atoms with Crippen LogP contribution >= 0.6 is 23.4 Å². The molecule has 1 amide bonds. The van der Waals surface area contributed by atoms with E-state index in [0.717, 1.165) is 12.1 Å². The number of amidine groups is 1. The van der Waals surface area contributed by atoms with Crippen LogP contribution in [0.4, 0.5) is 24.5 Å². The third-order valence-corrected chi connectivity index (χ3v) is 4.42. The second kappa shape index (κ2) is 6.49. The summed E-state index contributed by atoms with van der Waals surface area (Å²) in [6.07, 6.45) is -4.44. The highest BCUT2D eigenvalue weighted by molar-refractivity contribution is 8.15. The highest BCUT2D eigenvalue weighted by Gasteiger charge is 2.32. The van der Waals surface area contributed by atoms with Crippen molar-refractivity contribution in [3.63, 3.8) is 0 Å². The van der Waals surface area contributed by atoms with E-state index in [2.05, 4.69) is 4.99 Å². The van der Waals surface area contributed by atoms with Crippen LogP contribution in [-0.2, 0) is 11.0 Å². The Bertz CT molecular complexity index is 806. The molecular formula is C16H10ClF3N2OS. The van der Waals surface area contributed by atoms with Crippen LogP contribution in [0, 0.1) is 0 Å². The van der Waals surface area contributed by atoms with E-state index in [0.29, 0.717) is 15.9 Å². The Morgan fingerprint density at radius 3 is 2.50 bits per heavy atom. The maximum absolute atomic E-state index is 12.8. The maximum atomic E-state index is 12.8. The molecule has 0 aliphatic carbocycles. The van der Waals surface area contributed by atoms with E-state index >= 15 is 0 Å². The number of hydrogen-bond donors (Lipinski definition) is 0. The molecule has 0 atom stereocenters. The van der Waals surface area contributed by atoms with Gasteiger partial charge in [-0.25, -0.2) is 4.99 Å². The van der Waals surface area contributed by atoms with Gasteiger partial charge in [-0.15, -0.1) is 0 Å². The number of nitrogens with zero attached hydrogens (tertiary/aromatic N) is 2. The molecule has 8 heteroatoms. The summed E-state index contributed by atoms with van der Waals surface area (Å²) in [5.74, 6) is -0.00602. The smallest absolute Gasteiger partial charge is 0.273 e. The van der Waals surface area contributed by atoms with Crippen LogP contribution in [-0.4, -0.2) is 16.8 Å². The van der Waals surface area contributed by atoms with E-state index in [9.17, 15) is 18.0 Å². The first-order valence-corrected chi connectivity index (χ1v) is 8.18. The number of amides is 1. The minimum atomic E-state index is -4.44. The molecule has 1 saturated heterocycles. The molecule has 0 spiro atoms. The first kappa shape index (κ1) is 16.9. The molecule has 0 aromatic heterocycles. The third kappa shape index (κ3) is 3.57. The zero-order valence-corrected chi connectivity index (χ0v) is 13.6. The first-order chi connectivity index (χ1) is 11.3.